The van der Waals surface area contributed by atoms with E-state index in [2.05, 4.69) is 36.3 Å². The first kappa shape index (κ1) is 11.9. The largest absolute Gasteiger partial charge is 0.365 e. The topological polar surface area (TPSA) is 63.8 Å². The van der Waals surface area contributed by atoms with Crippen LogP contribution in [-0.2, 0) is 0 Å². The lowest BCUT2D eigenvalue weighted by atomic mass is 9.85. The predicted octanol–water partition coefficient (Wildman–Crippen LogP) is 1.65. The number of hydrogen-bond donors (Lipinski definition) is 2. The normalized spacial score (nSPS) is 13.6. The van der Waals surface area contributed by atoms with Crippen LogP contribution in [0.3, 0.4) is 0 Å². The first-order chi connectivity index (χ1) is 7.04. The molecule has 0 radical (unpaired) electrons. The lowest BCUT2D eigenvalue weighted by molar-refractivity contribution is 0.328. The Bertz CT molecular complexity index is 278. The van der Waals surface area contributed by atoms with E-state index >= 15 is 0 Å². The van der Waals surface area contributed by atoms with Crippen LogP contribution in [-0.4, -0.2) is 22.8 Å². The number of hydrogen-bond acceptors (Lipinski definition) is 4. The minimum absolute atomic E-state index is 0.164. The van der Waals surface area contributed by atoms with E-state index in [0.29, 0.717) is 12.6 Å². The van der Waals surface area contributed by atoms with Crippen molar-refractivity contribution in [2.75, 3.05) is 11.9 Å². The molecule has 84 valence electrons. The fourth-order valence-electron chi connectivity index (χ4n) is 1.45. The summed E-state index contributed by atoms with van der Waals surface area (Å²) in [6.45, 7) is 7.25. The Kier molecular flexibility index (Phi) is 4.03. The van der Waals surface area contributed by atoms with Crippen molar-refractivity contribution in [2.24, 2.45) is 11.1 Å². The molecule has 0 aliphatic heterocycles. The molecular weight excluding hydrogens is 188 g/mol. The Morgan fingerprint density at radius 3 is 2.67 bits per heavy atom. The molecule has 0 saturated carbocycles. The Balaban J connectivity index is 2.67. The molecule has 0 aliphatic carbocycles. The van der Waals surface area contributed by atoms with E-state index in [0.717, 1.165) is 12.2 Å². The summed E-state index contributed by atoms with van der Waals surface area (Å²) in [6.07, 6.45) is 2.60. The highest BCUT2D eigenvalue weighted by atomic mass is 15.2. The molecule has 0 fully saturated rings. The zero-order chi connectivity index (χ0) is 11.3. The molecule has 1 aromatic rings. The molecule has 0 spiro atoms. The number of rotatable bonds is 4. The van der Waals surface area contributed by atoms with E-state index in [1.807, 2.05) is 12.1 Å². The Labute approximate surface area is 91.3 Å². The van der Waals surface area contributed by atoms with Crippen LogP contribution in [0.2, 0.25) is 0 Å². The Hall–Kier alpha value is -1.16. The number of nitrogens with zero attached hydrogens (tertiary/aromatic N) is 2. The standard InChI is InChI=1S/C11H20N4/c1-11(2,3)9(6-7-12)14-10-5-4-8-13-15-10/h4-5,8-9H,6-7,12H2,1-3H3,(H,14,15). The Morgan fingerprint density at radius 1 is 1.47 bits per heavy atom. The highest BCUT2D eigenvalue weighted by molar-refractivity contribution is 5.33. The second kappa shape index (κ2) is 5.07. The third-order valence-corrected chi connectivity index (χ3v) is 2.40. The van der Waals surface area contributed by atoms with Crippen molar-refractivity contribution in [2.45, 2.75) is 33.2 Å². The molecule has 0 aliphatic rings. The first-order valence-electron chi connectivity index (χ1n) is 5.28. The van der Waals surface area contributed by atoms with Crippen molar-refractivity contribution in [3.8, 4) is 0 Å². The lowest BCUT2D eigenvalue weighted by Crippen LogP contribution is -2.36. The number of aromatic nitrogens is 2. The van der Waals surface area contributed by atoms with Gasteiger partial charge in [0.2, 0.25) is 0 Å². The second-order valence-electron chi connectivity index (χ2n) is 4.75. The molecule has 0 amide bonds. The van der Waals surface area contributed by atoms with Gasteiger partial charge in [-0.1, -0.05) is 20.8 Å². The monoisotopic (exact) mass is 208 g/mol. The van der Waals surface area contributed by atoms with Gasteiger partial charge in [0.25, 0.3) is 0 Å². The maximum Gasteiger partial charge on any atom is 0.148 e. The van der Waals surface area contributed by atoms with Gasteiger partial charge >= 0.3 is 0 Å². The van der Waals surface area contributed by atoms with Gasteiger partial charge in [0.05, 0.1) is 0 Å². The predicted molar refractivity (Wildman–Crippen MR) is 62.6 cm³/mol. The van der Waals surface area contributed by atoms with Crippen LogP contribution in [0.4, 0.5) is 5.82 Å². The molecule has 1 rings (SSSR count). The molecule has 4 heteroatoms. The highest BCUT2D eigenvalue weighted by Crippen LogP contribution is 2.24. The average Bonchev–Trinajstić information content (AvgIpc) is 2.17. The van der Waals surface area contributed by atoms with Gasteiger partial charge in [-0.15, -0.1) is 5.10 Å². The van der Waals surface area contributed by atoms with Crippen molar-refractivity contribution in [1.29, 1.82) is 0 Å². The van der Waals surface area contributed by atoms with E-state index in [4.69, 9.17) is 5.73 Å². The summed E-state index contributed by atoms with van der Waals surface area (Å²) in [6, 6.07) is 4.11. The zero-order valence-electron chi connectivity index (χ0n) is 9.70. The van der Waals surface area contributed by atoms with Gasteiger partial charge in [-0.05, 0) is 30.5 Å². The van der Waals surface area contributed by atoms with Gasteiger partial charge in [-0.3, -0.25) is 0 Å². The van der Waals surface area contributed by atoms with E-state index in [-0.39, 0.29) is 5.41 Å². The van der Waals surface area contributed by atoms with Crippen molar-refractivity contribution in [3.05, 3.63) is 18.3 Å². The Morgan fingerprint density at radius 2 is 2.20 bits per heavy atom. The fraction of sp³-hybridized carbons (Fsp3) is 0.636. The smallest absolute Gasteiger partial charge is 0.148 e. The molecule has 1 atom stereocenters. The molecule has 0 aromatic carbocycles. The van der Waals surface area contributed by atoms with Gasteiger partial charge in [0.1, 0.15) is 5.82 Å². The van der Waals surface area contributed by atoms with Crippen molar-refractivity contribution < 1.29 is 0 Å². The van der Waals surface area contributed by atoms with Crippen LogP contribution in [0.5, 0.6) is 0 Å². The van der Waals surface area contributed by atoms with Crippen LogP contribution in [0.25, 0.3) is 0 Å². The third kappa shape index (κ3) is 3.83. The molecule has 0 saturated heterocycles. The minimum Gasteiger partial charge on any atom is -0.365 e. The summed E-state index contributed by atoms with van der Waals surface area (Å²) >= 11 is 0. The average molecular weight is 208 g/mol. The molecule has 1 aromatic heterocycles. The zero-order valence-corrected chi connectivity index (χ0v) is 9.70. The summed E-state index contributed by atoms with van der Waals surface area (Å²) in [5, 5.41) is 11.2. The number of anilines is 1. The number of nitrogens with two attached hydrogens (primary N) is 1. The maximum absolute atomic E-state index is 5.60. The molecule has 4 nitrogen and oxygen atoms in total. The highest BCUT2D eigenvalue weighted by Gasteiger charge is 2.23. The summed E-state index contributed by atoms with van der Waals surface area (Å²) < 4.78 is 0. The van der Waals surface area contributed by atoms with Crippen LogP contribution in [0, 0.1) is 5.41 Å². The maximum atomic E-state index is 5.60. The second-order valence-corrected chi connectivity index (χ2v) is 4.75. The summed E-state index contributed by atoms with van der Waals surface area (Å²) in [4.78, 5) is 0. The van der Waals surface area contributed by atoms with Crippen LogP contribution < -0.4 is 11.1 Å². The molecule has 1 unspecified atom stereocenters. The number of nitrogens with one attached hydrogen (secondary N) is 1. The molecule has 1 heterocycles. The third-order valence-electron chi connectivity index (χ3n) is 2.40. The van der Waals surface area contributed by atoms with Gasteiger partial charge in [-0.25, -0.2) is 0 Å². The molecule has 0 bridgehead atoms. The van der Waals surface area contributed by atoms with Gasteiger partial charge in [0, 0.05) is 12.2 Å². The lowest BCUT2D eigenvalue weighted by Gasteiger charge is -2.31. The van der Waals surface area contributed by atoms with E-state index in [9.17, 15) is 0 Å². The van der Waals surface area contributed by atoms with E-state index in [1.54, 1.807) is 6.20 Å². The molecule has 15 heavy (non-hydrogen) atoms. The summed E-state index contributed by atoms with van der Waals surface area (Å²) in [5.41, 5.74) is 5.77. The van der Waals surface area contributed by atoms with Gasteiger partial charge in [0.15, 0.2) is 0 Å². The van der Waals surface area contributed by atoms with E-state index in [1.165, 1.54) is 0 Å². The van der Waals surface area contributed by atoms with Crippen molar-refractivity contribution in [3.63, 3.8) is 0 Å². The SMILES string of the molecule is CC(C)(C)C(CCN)Nc1cccnn1. The van der Waals surface area contributed by atoms with Crippen molar-refractivity contribution >= 4 is 5.82 Å². The van der Waals surface area contributed by atoms with Gasteiger partial charge < -0.3 is 11.1 Å². The van der Waals surface area contributed by atoms with Gasteiger partial charge in [-0.2, -0.15) is 5.10 Å². The molecule has 3 N–H and O–H groups in total. The van der Waals surface area contributed by atoms with Crippen LogP contribution >= 0.6 is 0 Å². The quantitative estimate of drug-likeness (QED) is 0.789. The summed E-state index contributed by atoms with van der Waals surface area (Å²) in [5.74, 6) is 0.811. The minimum atomic E-state index is 0.164. The van der Waals surface area contributed by atoms with Crippen molar-refractivity contribution in [1.82, 2.24) is 10.2 Å². The van der Waals surface area contributed by atoms with Crippen LogP contribution in [0.15, 0.2) is 18.3 Å². The fourth-order valence-corrected chi connectivity index (χ4v) is 1.45. The van der Waals surface area contributed by atoms with E-state index < -0.39 is 0 Å². The molecular formula is C11H20N4. The first-order valence-corrected chi connectivity index (χ1v) is 5.28. The van der Waals surface area contributed by atoms with Crippen LogP contribution in [0.1, 0.15) is 27.2 Å². The summed E-state index contributed by atoms with van der Waals surface area (Å²) in [7, 11) is 0.